The van der Waals surface area contributed by atoms with E-state index in [9.17, 15) is 29.6 Å². The molecule has 11 heteroatoms. The maximum absolute atomic E-state index is 12.9. The summed E-state index contributed by atoms with van der Waals surface area (Å²) in [6.45, 7) is 1.66. The van der Waals surface area contributed by atoms with Crippen molar-refractivity contribution in [2.45, 2.75) is 6.92 Å². The van der Waals surface area contributed by atoms with Gasteiger partial charge in [-0.1, -0.05) is 17.7 Å². The summed E-state index contributed by atoms with van der Waals surface area (Å²) in [4.78, 5) is 48.3. The topological polar surface area (TPSA) is 142 Å². The van der Waals surface area contributed by atoms with E-state index in [0.717, 1.165) is 12.1 Å². The van der Waals surface area contributed by atoms with E-state index in [1.807, 2.05) is 5.32 Å². The van der Waals surface area contributed by atoms with Gasteiger partial charge in [0.05, 0.1) is 17.2 Å². The molecule has 2 aromatic carbocycles. The predicted molar refractivity (Wildman–Crippen MR) is 104 cm³/mol. The van der Waals surface area contributed by atoms with E-state index in [-0.39, 0.29) is 28.6 Å². The number of rotatable bonds is 5. The van der Waals surface area contributed by atoms with Crippen molar-refractivity contribution in [2.24, 2.45) is 0 Å². The summed E-state index contributed by atoms with van der Waals surface area (Å²) >= 11 is 5.90. The maximum atomic E-state index is 12.9. The highest BCUT2D eigenvalue weighted by molar-refractivity contribution is 6.39. The lowest BCUT2D eigenvalue weighted by atomic mass is 10.1. The average Bonchev–Trinajstić information content (AvgIpc) is 2.67. The molecule has 0 spiro atoms. The normalized spacial score (nSPS) is 15.3. The second-order valence-electron chi connectivity index (χ2n) is 6.00. The fourth-order valence-corrected chi connectivity index (χ4v) is 2.95. The number of ether oxygens (including phenoxy) is 1. The molecule has 2 aromatic rings. The lowest BCUT2D eigenvalue weighted by molar-refractivity contribution is -0.398. The molecule has 0 unspecified atom stereocenters. The molecule has 4 amide bonds. The Morgan fingerprint density at radius 1 is 1.23 bits per heavy atom. The summed E-state index contributed by atoms with van der Waals surface area (Å²) in [5.41, 5.74) is -1.12. The molecule has 1 fully saturated rings. The number of nitro groups is 1. The molecule has 10 nitrogen and oxygen atoms in total. The molecule has 0 saturated carbocycles. The molecule has 1 heterocycles. The number of hydrogen-bond acceptors (Lipinski definition) is 7. The second kappa shape index (κ2) is 8.21. The minimum atomic E-state index is -0.991. The number of nitro benzene ring substituents is 1. The van der Waals surface area contributed by atoms with Crippen LogP contribution in [0.15, 0.2) is 42.0 Å². The van der Waals surface area contributed by atoms with E-state index < -0.39 is 39.8 Å². The van der Waals surface area contributed by atoms with Crippen molar-refractivity contribution in [1.29, 1.82) is 0 Å². The Labute approximate surface area is 174 Å². The van der Waals surface area contributed by atoms with Gasteiger partial charge in [-0.25, -0.2) is 9.69 Å². The number of barbiturate groups is 1. The molecule has 30 heavy (non-hydrogen) atoms. The van der Waals surface area contributed by atoms with Crippen molar-refractivity contribution < 1.29 is 29.2 Å². The number of amides is 4. The maximum Gasteiger partial charge on any atom is 0.335 e. The van der Waals surface area contributed by atoms with E-state index >= 15 is 0 Å². The highest BCUT2D eigenvalue weighted by atomic mass is 35.5. The molecule has 1 N–H and O–H groups in total. The molecule has 1 aliphatic rings. The average molecular weight is 431 g/mol. The molecule has 1 aliphatic heterocycles. The highest BCUT2D eigenvalue weighted by Crippen LogP contribution is 2.36. The van der Waals surface area contributed by atoms with Gasteiger partial charge in [-0.3, -0.25) is 25.0 Å². The van der Waals surface area contributed by atoms with Crippen LogP contribution in [0.2, 0.25) is 5.02 Å². The van der Waals surface area contributed by atoms with Crippen LogP contribution < -0.4 is 20.1 Å². The summed E-state index contributed by atoms with van der Waals surface area (Å²) in [5, 5.41) is 25.6. The predicted octanol–water partition coefficient (Wildman–Crippen LogP) is 2.39. The van der Waals surface area contributed by atoms with Gasteiger partial charge in [0.1, 0.15) is 11.3 Å². The van der Waals surface area contributed by atoms with Crippen LogP contribution in [0, 0.1) is 10.1 Å². The summed E-state index contributed by atoms with van der Waals surface area (Å²) < 4.78 is 5.12. The van der Waals surface area contributed by atoms with Gasteiger partial charge in [0.15, 0.2) is 0 Å². The first-order valence-corrected chi connectivity index (χ1v) is 8.90. The van der Waals surface area contributed by atoms with Crippen LogP contribution in [-0.2, 0) is 9.59 Å². The van der Waals surface area contributed by atoms with Gasteiger partial charge in [0.25, 0.3) is 17.5 Å². The van der Waals surface area contributed by atoms with E-state index in [2.05, 4.69) is 0 Å². The Balaban J connectivity index is 2.09. The summed E-state index contributed by atoms with van der Waals surface area (Å²) in [6.07, 6.45) is 1.04. The Bertz CT molecular complexity index is 1110. The van der Waals surface area contributed by atoms with Crippen LogP contribution in [0.3, 0.4) is 0 Å². The summed E-state index contributed by atoms with van der Waals surface area (Å²) in [6, 6.07) is 6.98. The third kappa shape index (κ3) is 3.94. The van der Waals surface area contributed by atoms with Crippen molar-refractivity contribution in [3.05, 3.63) is 62.7 Å². The molecule has 154 valence electrons. The number of urea groups is 1. The molecule has 3 rings (SSSR count). The van der Waals surface area contributed by atoms with Crippen molar-refractivity contribution in [3.8, 4) is 11.5 Å². The van der Waals surface area contributed by atoms with Gasteiger partial charge in [0, 0.05) is 16.8 Å². The van der Waals surface area contributed by atoms with Crippen LogP contribution in [-0.4, -0.2) is 29.4 Å². The largest absolute Gasteiger partial charge is 0.865 e. The third-order valence-electron chi connectivity index (χ3n) is 4.03. The minimum Gasteiger partial charge on any atom is -0.865 e. The van der Waals surface area contributed by atoms with Gasteiger partial charge >= 0.3 is 6.03 Å². The van der Waals surface area contributed by atoms with Crippen LogP contribution >= 0.6 is 11.6 Å². The number of carbonyl (C=O) groups is 3. The number of carbonyl (C=O) groups excluding carboxylic acids is 3. The molecular weight excluding hydrogens is 418 g/mol. The van der Waals surface area contributed by atoms with Gasteiger partial charge in [-0.2, -0.15) is 0 Å². The lowest BCUT2D eigenvalue weighted by Gasteiger charge is -2.26. The van der Waals surface area contributed by atoms with Crippen LogP contribution in [0.4, 0.5) is 16.2 Å². The van der Waals surface area contributed by atoms with Crippen LogP contribution in [0.5, 0.6) is 11.5 Å². The number of imide groups is 2. The first kappa shape index (κ1) is 20.8. The SMILES string of the molecule is CCOc1cc(/C=C2\C(=O)NC(=O)N(c3cccc(Cl)c3)C2=O)cc([N+](=O)[O-])c1[O-]. The lowest BCUT2D eigenvalue weighted by Crippen LogP contribution is -2.54. The number of anilines is 1. The fourth-order valence-electron chi connectivity index (χ4n) is 2.76. The summed E-state index contributed by atoms with van der Waals surface area (Å²) in [5.74, 6) is -3.18. The molecule has 0 aliphatic carbocycles. The van der Waals surface area contributed by atoms with Crippen molar-refractivity contribution in [3.63, 3.8) is 0 Å². The zero-order chi connectivity index (χ0) is 22.0. The molecule has 0 bridgehead atoms. The number of nitrogens with zero attached hydrogens (tertiary/aromatic N) is 2. The fraction of sp³-hybridized carbons (Fsp3) is 0.105. The van der Waals surface area contributed by atoms with Gasteiger partial charge in [-0.05, 0) is 42.8 Å². The first-order valence-electron chi connectivity index (χ1n) is 8.52. The van der Waals surface area contributed by atoms with E-state index in [1.54, 1.807) is 6.92 Å². The molecule has 0 atom stereocenters. The highest BCUT2D eigenvalue weighted by Gasteiger charge is 2.37. The van der Waals surface area contributed by atoms with Crippen molar-refractivity contribution in [2.75, 3.05) is 11.5 Å². The molecule has 1 saturated heterocycles. The Hall–Kier alpha value is -3.92. The quantitative estimate of drug-likeness (QED) is 0.332. The number of hydrogen-bond donors (Lipinski definition) is 1. The number of benzene rings is 2. The zero-order valence-electron chi connectivity index (χ0n) is 15.4. The number of halogens is 1. The number of nitrogens with one attached hydrogen (secondary N) is 1. The molecule has 0 aromatic heterocycles. The molecular formula is C19H13ClN3O7-. The van der Waals surface area contributed by atoms with Crippen molar-refractivity contribution >= 4 is 46.9 Å². The minimum absolute atomic E-state index is 0.00337. The van der Waals surface area contributed by atoms with Crippen molar-refractivity contribution in [1.82, 2.24) is 5.32 Å². The standard InChI is InChI=1S/C19H14ClN3O7/c1-2-30-15-8-10(7-14(16(15)24)23(28)29)6-13-17(25)21-19(27)22(18(13)26)12-5-3-4-11(20)9-12/h3-9,24H,2H2,1H3,(H,21,25,27)/p-1/b13-6+. The Morgan fingerprint density at radius 3 is 2.60 bits per heavy atom. The van der Waals surface area contributed by atoms with Crippen LogP contribution in [0.25, 0.3) is 6.08 Å². The first-order chi connectivity index (χ1) is 14.2. The Kier molecular flexibility index (Phi) is 5.70. The second-order valence-corrected chi connectivity index (χ2v) is 6.43. The van der Waals surface area contributed by atoms with Gasteiger partial charge in [-0.15, -0.1) is 0 Å². The smallest absolute Gasteiger partial charge is 0.335 e. The van der Waals surface area contributed by atoms with Gasteiger partial charge in [0.2, 0.25) is 0 Å². The Morgan fingerprint density at radius 2 is 1.97 bits per heavy atom. The van der Waals surface area contributed by atoms with Gasteiger partial charge < -0.3 is 9.84 Å². The van der Waals surface area contributed by atoms with E-state index in [0.29, 0.717) is 4.90 Å². The molecule has 0 radical (unpaired) electrons. The van der Waals surface area contributed by atoms with E-state index in [1.165, 1.54) is 30.3 Å². The van der Waals surface area contributed by atoms with Crippen LogP contribution in [0.1, 0.15) is 12.5 Å². The van der Waals surface area contributed by atoms with E-state index in [4.69, 9.17) is 16.3 Å². The monoisotopic (exact) mass is 430 g/mol. The third-order valence-corrected chi connectivity index (χ3v) is 4.27. The summed E-state index contributed by atoms with van der Waals surface area (Å²) in [7, 11) is 0. The zero-order valence-corrected chi connectivity index (χ0v) is 16.1.